The van der Waals surface area contributed by atoms with E-state index in [1.807, 2.05) is 0 Å². The van der Waals surface area contributed by atoms with Crippen molar-refractivity contribution in [2.75, 3.05) is 26.2 Å². The second kappa shape index (κ2) is 8.30. The van der Waals surface area contributed by atoms with E-state index in [-0.39, 0.29) is 21.8 Å². The minimum atomic E-state index is -0.283. The zero-order valence-electron chi connectivity index (χ0n) is 11.1. The first-order valence-electron chi connectivity index (χ1n) is 6.27. The number of carbonyl (C=O) groups is 1. The first-order chi connectivity index (χ1) is 9.08. The Morgan fingerprint density at radius 2 is 2.05 bits per heavy atom. The number of nitrogens with zero attached hydrogens (tertiary/aromatic N) is 3. The van der Waals surface area contributed by atoms with Crippen LogP contribution in [-0.4, -0.2) is 47.2 Å². The van der Waals surface area contributed by atoms with Crippen molar-refractivity contribution in [2.24, 2.45) is 0 Å². The van der Waals surface area contributed by atoms with Gasteiger partial charge in [0.15, 0.2) is 10.3 Å². The molecule has 1 N–H and O–H groups in total. The Bertz CT molecular complexity index is 428. The van der Waals surface area contributed by atoms with E-state index in [2.05, 4.69) is 34.3 Å². The van der Waals surface area contributed by atoms with Crippen LogP contribution < -0.4 is 5.32 Å². The van der Waals surface area contributed by atoms with Gasteiger partial charge in [-0.1, -0.05) is 37.0 Å². The molecule has 0 aliphatic heterocycles. The molecular formula is C12H18Cl2N4O. The highest BCUT2D eigenvalue weighted by atomic mass is 35.5. The van der Waals surface area contributed by atoms with Gasteiger partial charge in [0.2, 0.25) is 0 Å². The van der Waals surface area contributed by atoms with Crippen molar-refractivity contribution in [1.29, 1.82) is 0 Å². The largest absolute Gasteiger partial charge is 0.351 e. The van der Waals surface area contributed by atoms with E-state index in [1.54, 1.807) is 0 Å². The summed E-state index contributed by atoms with van der Waals surface area (Å²) in [5.41, 5.74) is 0.250. The Kier molecular flexibility index (Phi) is 7.05. The van der Waals surface area contributed by atoms with Crippen molar-refractivity contribution < 1.29 is 4.79 Å². The maximum absolute atomic E-state index is 11.9. The fourth-order valence-electron chi connectivity index (χ4n) is 1.68. The molecule has 0 aromatic carbocycles. The lowest BCUT2D eigenvalue weighted by Crippen LogP contribution is -2.35. The smallest absolute Gasteiger partial charge is 0.254 e. The summed E-state index contributed by atoms with van der Waals surface area (Å²) in [5, 5.41) is 10.2. The maximum Gasteiger partial charge on any atom is 0.254 e. The van der Waals surface area contributed by atoms with Gasteiger partial charge in [0, 0.05) is 13.1 Å². The molecule has 0 saturated carbocycles. The zero-order chi connectivity index (χ0) is 14.3. The molecule has 7 heteroatoms. The predicted molar refractivity (Wildman–Crippen MR) is 76.8 cm³/mol. The fourth-order valence-corrected chi connectivity index (χ4v) is 2.00. The van der Waals surface area contributed by atoms with Gasteiger partial charge >= 0.3 is 0 Å². The molecule has 5 nitrogen and oxygen atoms in total. The van der Waals surface area contributed by atoms with E-state index in [0.29, 0.717) is 6.54 Å². The van der Waals surface area contributed by atoms with Crippen LogP contribution in [0.1, 0.15) is 30.6 Å². The Hall–Kier alpha value is -0.910. The van der Waals surface area contributed by atoms with Crippen LogP contribution in [0.25, 0.3) is 0 Å². The summed E-state index contributed by atoms with van der Waals surface area (Å²) in [4.78, 5) is 14.2. The summed E-state index contributed by atoms with van der Waals surface area (Å²) in [7, 11) is 0. The molecule has 1 aromatic rings. The van der Waals surface area contributed by atoms with E-state index >= 15 is 0 Å². The summed E-state index contributed by atoms with van der Waals surface area (Å²) in [6.45, 7) is 7.58. The number of rotatable bonds is 7. The van der Waals surface area contributed by atoms with Gasteiger partial charge in [-0.15, -0.1) is 10.2 Å². The van der Waals surface area contributed by atoms with Crippen molar-refractivity contribution in [1.82, 2.24) is 20.4 Å². The van der Waals surface area contributed by atoms with Gasteiger partial charge < -0.3 is 10.2 Å². The third-order valence-corrected chi connectivity index (χ3v) is 3.13. The van der Waals surface area contributed by atoms with E-state index in [1.165, 1.54) is 6.07 Å². The van der Waals surface area contributed by atoms with E-state index in [9.17, 15) is 4.79 Å². The van der Waals surface area contributed by atoms with Gasteiger partial charge in [-0.25, -0.2) is 0 Å². The van der Waals surface area contributed by atoms with Gasteiger partial charge in [-0.05, 0) is 25.6 Å². The van der Waals surface area contributed by atoms with Crippen molar-refractivity contribution in [3.63, 3.8) is 0 Å². The molecule has 1 rings (SSSR count). The molecule has 0 aliphatic carbocycles. The molecule has 0 unspecified atom stereocenters. The van der Waals surface area contributed by atoms with Crippen molar-refractivity contribution in [3.8, 4) is 0 Å². The molecule has 1 heterocycles. The number of aromatic nitrogens is 2. The highest BCUT2D eigenvalue weighted by molar-refractivity contribution is 6.34. The van der Waals surface area contributed by atoms with Crippen LogP contribution >= 0.6 is 23.2 Å². The molecule has 0 atom stereocenters. The molecule has 19 heavy (non-hydrogen) atoms. The van der Waals surface area contributed by atoms with Crippen molar-refractivity contribution >= 4 is 29.1 Å². The molecule has 0 saturated heterocycles. The second-order valence-electron chi connectivity index (χ2n) is 4.06. The average Bonchev–Trinajstić information content (AvgIpc) is 2.40. The van der Waals surface area contributed by atoms with Crippen LogP contribution in [-0.2, 0) is 0 Å². The number of nitrogens with one attached hydrogen (secondary N) is 1. The molecule has 1 aromatic heterocycles. The third-order valence-electron chi connectivity index (χ3n) is 2.66. The monoisotopic (exact) mass is 304 g/mol. The predicted octanol–water partition coefficient (Wildman–Crippen LogP) is 2.25. The number of carbonyl (C=O) groups excluding carboxylic acids is 1. The maximum atomic E-state index is 11.9. The molecule has 0 fully saturated rings. The van der Waals surface area contributed by atoms with E-state index < -0.39 is 0 Å². The lowest BCUT2D eigenvalue weighted by Gasteiger charge is -2.19. The Balaban J connectivity index is 2.49. The van der Waals surface area contributed by atoms with Gasteiger partial charge in [0.25, 0.3) is 5.91 Å². The van der Waals surface area contributed by atoms with Gasteiger partial charge in [0.1, 0.15) is 0 Å². The molecule has 1 amide bonds. The highest BCUT2D eigenvalue weighted by Crippen LogP contribution is 2.14. The number of amides is 1. The van der Waals surface area contributed by atoms with Crippen LogP contribution in [0.3, 0.4) is 0 Å². The minimum Gasteiger partial charge on any atom is -0.351 e. The molecule has 0 bridgehead atoms. The Morgan fingerprint density at radius 1 is 1.32 bits per heavy atom. The van der Waals surface area contributed by atoms with Crippen LogP contribution in [0.2, 0.25) is 10.3 Å². The Morgan fingerprint density at radius 3 is 2.68 bits per heavy atom. The average molecular weight is 305 g/mol. The highest BCUT2D eigenvalue weighted by Gasteiger charge is 2.13. The van der Waals surface area contributed by atoms with Crippen LogP contribution in [0.5, 0.6) is 0 Å². The van der Waals surface area contributed by atoms with Gasteiger partial charge in [-0.3, -0.25) is 4.79 Å². The van der Waals surface area contributed by atoms with Crippen molar-refractivity contribution in [2.45, 2.75) is 20.3 Å². The van der Waals surface area contributed by atoms with Crippen LogP contribution in [0.4, 0.5) is 0 Å². The fraction of sp³-hybridized carbons (Fsp3) is 0.583. The summed E-state index contributed by atoms with van der Waals surface area (Å²) < 4.78 is 0. The normalized spacial score (nSPS) is 10.8. The van der Waals surface area contributed by atoms with Gasteiger partial charge in [0.05, 0.1) is 5.56 Å². The van der Waals surface area contributed by atoms with E-state index in [4.69, 9.17) is 23.2 Å². The summed E-state index contributed by atoms with van der Waals surface area (Å²) in [6.07, 6.45) is 1.09. The molecule has 0 aliphatic rings. The van der Waals surface area contributed by atoms with Crippen LogP contribution in [0.15, 0.2) is 6.07 Å². The number of halogens is 2. The van der Waals surface area contributed by atoms with Crippen LogP contribution in [0, 0.1) is 0 Å². The quantitative estimate of drug-likeness (QED) is 0.839. The second-order valence-corrected chi connectivity index (χ2v) is 4.81. The third kappa shape index (κ3) is 5.30. The van der Waals surface area contributed by atoms with Gasteiger partial charge in [-0.2, -0.15) is 0 Å². The molecule has 106 valence electrons. The lowest BCUT2D eigenvalue weighted by molar-refractivity contribution is 0.0948. The summed E-state index contributed by atoms with van der Waals surface area (Å²) >= 11 is 11.5. The SMILES string of the molecule is CCCN(CC)CCNC(=O)c1cc(Cl)nnc1Cl. The molecule has 0 radical (unpaired) electrons. The minimum absolute atomic E-state index is 0.0582. The number of likely N-dealkylation sites (N-methyl/N-ethyl adjacent to an activating group) is 1. The molecular weight excluding hydrogens is 287 g/mol. The number of hydrogen-bond donors (Lipinski definition) is 1. The summed E-state index contributed by atoms with van der Waals surface area (Å²) in [5.74, 6) is -0.283. The lowest BCUT2D eigenvalue weighted by atomic mass is 10.3. The first-order valence-corrected chi connectivity index (χ1v) is 7.03. The molecule has 0 spiro atoms. The van der Waals surface area contributed by atoms with E-state index in [0.717, 1.165) is 26.1 Å². The van der Waals surface area contributed by atoms with Crippen molar-refractivity contribution in [3.05, 3.63) is 21.9 Å². The first kappa shape index (κ1) is 16.1. The topological polar surface area (TPSA) is 58.1 Å². The standard InChI is InChI=1S/C12H18Cl2N4O/c1-3-6-18(4-2)7-5-15-12(19)9-8-10(13)16-17-11(9)14/h8H,3-7H2,1-2H3,(H,15,19). The number of hydrogen-bond acceptors (Lipinski definition) is 4. The summed E-state index contributed by atoms with van der Waals surface area (Å²) in [6, 6.07) is 1.41. The Labute approximate surface area is 123 Å². The zero-order valence-corrected chi connectivity index (χ0v) is 12.6.